The molecule has 6 aliphatic rings. The van der Waals surface area contributed by atoms with Gasteiger partial charge in [-0.25, -0.2) is 4.79 Å². The van der Waals surface area contributed by atoms with Crippen LogP contribution in [0.2, 0.25) is 0 Å². The first-order valence-electron chi connectivity index (χ1n) is 27.8. The number of aryl methyl sites for hydroxylation is 3. The third kappa shape index (κ3) is 13.3. The Bertz CT molecular complexity index is 2460. The number of carbonyl (C=O) groups is 1. The van der Waals surface area contributed by atoms with E-state index in [4.69, 9.17) is 15.6 Å². The first-order chi connectivity index (χ1) is 34.2. The van der Waals surface area contributed by atoms with E-state index in [1.54, 1.807) is 6.07 Å². The van der Waals surface area contributed by atoms with Gasteiger partial charge in [0.05, 0.1) is 6.61 Å². The maximum atomic E-state index is 11.4. The Hall–Kier alpha value is -4.89. The van der Waals surface area contributed by atoms with Gasteiger partial charge in [-0.2, -0.15) is 0 Å². The van der Waals surface area contributed by atoms with Crippen molar-refractivity contribution in [2.75, 3.05) is 6.61 Å². The quantitative estimate of drug-likeness (QED) is 0.0884. The number of carboxylic acid groups (broad SMARTS) is 1. The fourth-order valence-corrected chi connectivity index (χ4v) is 12.7. The van der Waals surface area contributed by atoms with Gasteiger partial charge in [0.2, 0.25) is 0 Å². The Kier molecular flexibility index (Phi) is 20.3. The largest absolute Gasteiger partial charge is 0.507 e. The van der Waals surface area contributed by atoms with E-state index >= 15 is 0 Å². The molecule has 9 nitrogen and oxygen atoms in total. The average Bonchev–Trinajstić information content (AvgIpc) is 3.31. The highest BCUT2D eigenvalue weighted by Crippen LogP contribution is 2.56. The molecule has 0 aromatic heterocycles. The fraction of sp³-hybridized carbons (Fsp3) is 0.609. The van der Waals surface area contributed by atoms with Crippen LogP contribution >= 0.6 is 0 Å². The Labute approximate surface area is 442 Å². The highest BCUT2D eigenvalue weighted by molar-refractivity contribution is 5.87. The van der Waals surface area contributed by atoms with Gasteiger partial charge in [0, 0.05) is 59.1 Å². The average molecular weight is 1010 g/mol. The number of phenols is 3. The zero-order chi connectivity index (χ0) is 52.7. The van der Waals surface area contributed by atoms with E-state index in [1.807, 2.05) is 24.3 Å². The van der Waals surface area contributed by atoms with Gasteiger partial charge < -0.3 is 39.7 Å². The maximum absolute atomic E-state index is 11.4. The van der Waals surface area contributed by atoms with Crippen molar-refractivity contribution in [1.29, 1.82) is 0 Å². The molecule has 0 bridgehead atoms. The molecule has 0 unspecified atom stereocenters. The van der Waals surface area contributed by atoms with Gasteiger partial charge in [0.1, 0.15) is 51.3 Å². The summed E-state index contributed by atoms with van der Waals surface area (Å²) in [6.07, 6.45) is 22.8. The number of carboxylic acids is 1. The summed E-state index contributed by atoms with van der Waals surface area (Å²) in [6, 6.07) is 12.0. The van der Waals surface area contributed by atoms with E-state index in [1.165, 1.54) is 50.6 Å². The summed E-state index contributed by atoms with van der Waals surface area (Å²) in [4.78, 5) is 11.4. The van der Waals surface area contributed by atoms with Crippen LogP contribution in [-0.4, -0.2) is 54.9 Å². The van der Waals surface area contributed by atoms with E-state index in [-0.39, 0.29) is 67.7 Å². The molecule has 3 aliphatic heterocycles. The van der Waals surface area contributed by atoms with Crippen LogP contribution in [0.15, 0.2) is 71.3 Å². The van der Waals surface area contributed by atoms with E-state index in [2.05, 4.69) is 93.5 Å². The van der Waals surface area contributed by atoms with Crippen molar-refractivity contribution < 1.29 is 45.9 Å². The Morgan fingerprint density at radius 3 is 1.34 bits per heavy atom. The van der Waals surface area contributed by atoms with Gasteiger partial charge in [-0.1, -0.05) is 98.9 Å². The lowest BCUT2D eigenvalue weighted by Gasteiger charge is -2.46. The number of phenolic OH excluding ortho intramolecular Hbond substituents is 3. The smallest absolute Gasteiger partial charge is 0.331 e. The minimum absolute atomic E-state index is 0. The molecular weight excluding hydrogens is 913 g/mol. The molecule has 0 saturated heterocycles. The Morgan fingerprint density at radius 2 is 0.945 bits per heavy atom. The van der Waals surface area contributed by atoms with Crippen molar-refractivity contribution in [1.82, 2.24) is 0 Å². The van der Waals surface area contributed by atoms with Gasteiger partial charge >= 0.3 is 5.97 Å². The third-order valence-electron chi connectivity index (χ3n) is 16.4. The lowest BCUT2D eigenvalue weighted by molar-refractivity contribution is -0.133. The second-order valence-corrected chi connectivity index (χ2v) is 22.9. The molecule has 3 heterocycles. The van der Waals surface area contributed by atoms with Crippen LogP contribution < -0.4 is 14.2 Å². The number of aliphatic hydroxyl groups is 1. The number of allylic oxidation sites excluding steroid dienone is 4. The van der Waals surface area contributed by atoms with Gasteiger partial charge in [-0.05, 0) is 178 Å². The summed E-state index contributed by atoms with van der Waals surface area (Å²) in [6.45, 7) is 21.6. The first kappa shape index (κ1) is 59.0. The minimum atomic E-state index is -0.864. The number of fused-ring (bicyclic) bond motifs is 9. The van der Waals surface area contributed by atoms with Gasteiger partial charge in [0.15, 0.2) is 0 Å². The molecule has 0 saturated carbocycles. The first-order valence-corrected chi connectivity index (χ1v) is 26.8. The van der Waals surface area contributed by atoms with Crippen molar-refractivity contribution in [3.8, 4) is 34.5 Å². The number of hydrogen-bond acceptors (Lipinski definition) is 8. The van der Waals surface area contributed by atoms with E-state index < -0.39 is 5.97 Å². The molecule has 73 heavy (non-hydrogen) atoms. The summed E-state index contributed by atoms with van der Waals surface area (Å²) < 4.78 is 24.7. The molecule has 0 fully saturated rings. The topological polar surface area (TPSA) is 146 Å². The van der Waals surface area contributed by atoms with Crippen molar-refractivity contribution >= 4 is 5.97 Å². The van der Waals surface area contributed by atoms with Crippen LogP contribution in [0.25, 0.3) is 0 Å². The summed E-state index contributed by atoms with van der Waals surface area (Å²) >= 11 is 0. The lowest BCUT2D eigenvalue weighted by atomic mass is 9.67. The zero-order valence-electron chi connectivity index (χ0n) is 46.1. The van der Waals surface area contributed by atoms with Crippen LogP contribution in [0.4, 0.5) is 0 Å². The number of unbranched alkanes of at least 4 members (excludes halogenated alkanes) is 4. The monoisotopic (exact) mass is 1010 g/mol. The number of aliphatic hydroxyl groups excluding tert-OH is 1. The number of aliphatic carboxylic acids is 1. The molecule has 0 radical (unpaired) electrons. The normalized spacial score (nSPS) is 23.9. The van der Waals surface area contributed by atoms with Crippen LogP contribution in [0, 0.1) is 17.8 Å². The Balaban J connectivity index is 0.000000233. The summed E-state index contributed by atoms with van der Waals surface area (Å²) in [5.74, 6) is 3.79. The summed E-state index contributed by atoms with van der Waals surface area (Å²) in [7, 11) is 1.25. The molecular formula is C64H96O9. The number of hydrogen-bond donors (Lipinski definition) is 5. The Morgan fingerprint density at radius 1 is 0.562 bits per heavy atom. The zero-order valence-corrected chi connectivity index (χ0v) is 45.1. The lowest BCUT2D eigenvalue weighted by Crippen LogP contribution is -2.45. The maximum Gasteiger partial charge on any atom is 0.331 e. The highest BCUT2D eigenvalue weighted by atomic mass is 16.5. The van der Waals surface area contributed by atoms with Crippen molar-refractivity contribution in [3.05, 3.63) is 105 Å². The second-order valence-electron chi connectivity index (χ2n) is 22.9. The minimum Gasteiger partial charge on any atom is -0.507 e. The summed E-state index contributed by atoms with van der Waals surface area (Å²) in [5, 5.41) is 50.8. The molecule has 9 heteroatoms. The van der Waals surface area contributed by atoms with E-state index in [0.29, 0.717) is 41.1 Å². The van der Waals surface area contributed by atoms with Gasteiger partial charge in [-0.15, -0.1) is 0 Å². The molecule has 6 atom stereocenters. The van der Waals surface area contributed by atoms with Crippen molar-refractivity contribution in [3.63, 3.8) is 0 Å². The highest BCUT2D eigenvalue weighted by Gasteiger charge is 2.48. The third-order valence-corrected chi connectivity index (χ3v) is 16.4. The predicted molar refractivity (Wildman–Crippen MR) is 300 cm³/mol. The van der Waals surface area contributed by atoms with Gasteiger partial charge in [-0.3, -0.25) is 0 Å². The van der Waals surface area contributed by atoms with Crippen LogP contribution in [0.5, 0.6) is 34.5 Å². The number of aromatic hydroxyl groups is 3. The molecule has 5 N–H and O–H groups in total. The standard InChI is InChI=1S/C21H30O3.C21H30O2.C19H24O4.3CH4/c1-4-5-6-7-14-11-18(23)20-16-10-15(13-22)8-9-17(16)21(2,3)24-19(20)12-14;1-5-6-7-8-15-12-18(22)20-16-11-14(2)9-10-17(16)21(3,4)23-19(20)13-15;1-4-5-11-8-15(20)17-13-10-12(18(21)22)6-7-14(13)19(2,3)23-16(17)9-11;;;/h10-12,16-17,22-23H,4-9,13H2,1-3H3;11-13,16-17,22H,5-10H2,1-4H3;8-10,13-14,20H,4-7H2,1-3H3,(H,21,22);3*1H4/t2*16-,17-;13-,14-;;;/m111.../s1/i;;;1T;;. The molecule has 406 valence electrons. The molecule has 3 aliphatic carbocycles. The molecule has 3 aromatic carbocycles. The van der Waals surface area contributed by atoms with Crippen LogP contribution in [0.1, 0.15) is 227 Å². The van der Waals surface area contributed by atoms with Crippen molar-refractivity contribution in [2.45, 2.75) is 229 Å². The van der Waals surface area contributed by atoms with Crippen molar-refractivity contribution in [2.24, 2.45) is 17.8 Å². The van der Waals surface area contributed by atoms with E-state index in [9.17, 15) is 30.3 Å². The van der Waals surface area contributed by atoms with E-state index in [0.717, 1.165) is 109 Å². The number of rotatable bonds is 12. The number of benzene rings is 3. The predicted octanol–water partition coefficient (Wildman–Crippen LogP) is 16.4. The molecule has 9 rings (SSSR count). The second kappa shape index (κ2) is 25.1. The van der Waals surface area contributed by atoms with Crippen LogP contribution in [0.3, 0.4) is 0 Å². The number of ether oxygens (including phenoxy) is 3. The summed E-state index contributed by atoms with van der Waals surface area (Å²) in [5.41, 5.74) is 8.18. The van der Waals surface area contributed by atoms with Gasteiger partial charge in [0.25, 0.3) is 0 Å². The fourth-order valence-electron chi connectivity index (χ4n) is 12.7. The molecule has 0 amide bonds. The SMILES string of the molecule is C.C.CCCCCc1cc(O)c2c(c1)OC(C)(C)[C@@H]1CCC(C)=C[C@@H]21.CCCCCc1cc(O)c2c(c1)OC(C)(C)[C@@H]1CCC(CO)=C[C@@H]21.CCCc1cc(O)c2c(c1)OC(C)(C)[C@@H]1CCC(C(=O)O)=C[C@@H]21.[3H]C. The molecule has 0 spiro atoms. The molecule has 3 aromatic rings. The van der Waals surface area contributed by atoms with Crippen LogP contribution in [-0.2, 0) is 24.1 Å².